The van der Waals surface area contributed by atoms with Crippen molar-refractivity contribution in [1.29, 1.82) is 0 Å². The average Bonchev–Trinajstić information content (AvgIpc) is 3.19. The van der Waals surface area contributed by atoms with Crippen LogP contribution in [0.4, 0.5) is 0 Å². The molecular weight excluding hydrogens is 224 g/mol. The van der Waals surface area contributed by atoms with Gasteiger partial charge >= 0.3 is 0 Å². The van der Waals surface area contributed by atoms with Gasteiger partial charge in [0, 0.05) is 12.6 Å². The molecule has 0 bridgehead atoms. The predicted molar refractivity (Wildman–Crippen MR) is 72.8 cm³/mol. The van der Waals surface area contributed by atoms with E-state index < -0.39 is 6.04 Å². The summed E-state index contributed by atoms with van der Waals surface area (Å²) in [7, 11) is 0. The molecule has 0 heterocycles. The van der Waals surface area contributed by atoms with E-state index >= 15 is 0 Å². The molecule has 2 rings (SSSR count). The van der Waals surface area contributed by atoms with Crippen LogP contribution in [0.2, 0.25) is 0 Å². The Balaban J connectivity index is 2.11. The summed E-state index contributed by atoms with van der Waals surface area (Å²) in [6, 6.07) is 9.99. The van der Waals surface area contributed by atoms with E-state index in [-0.39, 0.29) is 5.91 Å². The van der Waals surface area contributed by atoms with E-state index in [1.165, 1.54) is 18.4 Å². The van der Waals surface area contributed by atoms with E-state index in [0.29, 0.717) is 18.5 Å². The lowest BCUT2D eigenvalue weighted by molar-refractivity contribution is -0.135. The van der Waals surface area contributed by atoms with Crippen molar-refractivity contribution in [3.05, 3.63) is 35.9 Å². The highest BCUT2D eigenvalue weighted by molar-refractivity contribution is 5.81. The summed E-state index contributed by atoms with van der Waals surface area (Å²) < 4.78 is 0. The molecule has 1 aliphatic rings. The SMILES string of the molecule is CC(C1CC1)N(Cc1ccccc1)C(=O)[C@@H](C)N. The lowest BCUT2D eigenvalue weighted by atomic mass is 10.1. The first-order valence-electron chi connectivity index (χ1n) is 6.69. The van der Waals surface area contributed by atoms with Crippen molar-refractivity contribution in [2.45, 2.75) is 45.3 Å². The molecule has 1 saturated carbocycles. The first-order valence-corrected chi connectivity index (χ1v) is 6.69. The molecule has 0 aliphatic heterocycles. The summed E-state index contributed by atoms with van der Waals surface area (Å²) in [5.74, 6) is 0.717. The minimum atomic E-state index is -0.421. The van der Waals surface area contributed by atoms with E-state index in [1.54, 1.807) is 6.92 Å². The highest BCUT2D eigenvalue weighted by Gasteiger charge is 2.34. The molecule has 3 heteroatoms. The highest BCUT2D eigenvalue weighted by atomic mass is 16.2. The van der Waals surface area contributed by atoms with Gasteiger partial charge in [0.25, 0.3) is 0 Å². The summed E-state index contributed by atoms with van der Waals surface area (Å²) in [4.78, 5) is 14.2. The summed E-state index contributed by atoms with van der Waals surface area (Å²) in [6.07, 6.45) is 2.47. The van der Waals surface area contributed by atoms with Crippen LogP contribution in [0.25, 0.3) is 0 Å². The van der Waals surface area contributed by atoms with Crippen molar-refractivity contribution in [1.82, 2.24) is 4.90 Å². The first-order chi connectivity index (χ1) is 8.59. The standard InChI is InChI=1S/C15H22N2O/c1-11(16)15(18)17(12(2)14-8-9-14)10-13-6-4-3-5-7-13/h3-7,11-12,14H,8-10,16H2,1-2H3/t11-,12?/m1/s1. The maximum absolute atomic E-state index is 12.2. The summed E-state index contributed by atoms with van der Waals surface area (Å²) in [5, 5.41) is 0. The monoisotopic (exact) mass is 246 g/mol. The molecule has 0 radical (unpaired) electrons. The Morgan fingerprint density at radius 2 is 1.94 bits per heavy atom. The van der Waals surface area contributed by atoms with Gasteiger partial charge in [-0.05, 0) is 38.2 Å². The van der Waals surface area contributed by atoms with Crippen molar-refractivity contribution >= 4 is 5.91 Å². The highest BCUT2D eigenvalue weighted by Crippen LogP contribution is 2.35. The molecule has 1 aromatic rings. The fourth-order valence-corrected chi connectivity index (χ4v) is 2.30. The van der Waals surface area contributed by atoms with E-state index in [0.717, 1.165) is 0 Å². The van der Waals surface area contributed by atoms with Gasteiger partial charge in [-0.15, -0.1) is 0 Å². The van der Waals surface area contributed by atoms with Gasteiger partial charge in [-0.2, -0.15) is 0 Å². The molecule has 2 N–H and O–H groups in total. The number of nitrogens with zero attached hydrogens (tertiary/aromatic N) is 1. The number of carbonyl (C=O) groups excluding carboxylic acids is 1. The van der Waals surface area contributed by atoms with Crippen LogP contribution < -0.4 is 5.73 Å². The fourth-order valence-electron chi connectivity index (χ4n) is 2.30. The largest absolute Gasteiger partial charge is 0.334 e. The Kier molecular flexibility index (Phi) is 4.02. The van der Waals surface area contributed by atoms with Crippen LogP contribution in [0.3, 0.4) is 0 Å². The molecular formula is C15H22N2O. The Hall–Kier alpha value is -1.35. The van der Waals surface area contributed by atoms with Gasteiger partial charge in [-0.3, -0.25) is 4.79 Å². The number of rotatable bonds is 5. The molecule has 18 heavy (non-hydrogen) atoms. The van der Waals surface area contributed by atoms with Gasteiger partial charge < -0.3 is 10.6 Å². The van der Waals surface area contributed by atoms with E-state index in [9.17, 15) is 4.79 Å². The third-order valence-corrected chi connectivity index (χ3v) is 3.66. The quantitative estimate of drug-likeness (QED) is 0.865. The smallest absolute Gasteiger partial charge is 0.239 e. The van der Waals surface area contributed by atoms with Crippen molar-refractivity contribution in [3.8, 4) is 0 Å². The fraction of sp³-hybridized carbons (Fsp3) is 0.533. The minimum absolute atomic E-state index is 0.0539. The minimum Gasteiger partial charge on any atom is -0.334 e. The zero-order valence-corrected chi connectivity index (χ0v) is 11.2. The second kappa shape index (κ2) is 5.53. The molecule has 98 valence electrons. The first kappa shape index (κ1) is 13.1. The maximum atomic E-state index is 12.2. The molecule has 2 atom stereocenters. The normalized spacial score (nSPS) is 18.2. The van der Waals surface area contributed by atoms with Crippen LogP contribution in [0, 0.1) is 5.92 Å². The average molecular weight is 246 g/mol. The van der Waals surface area contributed by atoms with Gasteiger partial charge in [0.2, 0.25) is 5.91 Å². The van der Waals surface area contributed by atoms with E-state index in [2.05, 4.69) is 19.1 Å². The van der Waals surface area contributed by atoms with Crippen molar-refractivity contribution < 1.29 is 4.79 Å². The summed E-state index contributed by atoms with van der Waals surface area (Å²) in [5.41, 5.74) is 6.92. The second-order valence-corrected chi connectivity index (χ2v) is 5.32. The molecule has 0 saturated heterocycles. The Morgan fingerprint density at radius 1 is 1.33 bits per heavy atom. The van der Waals surface area contributed by atoms with Crippen molar-refractivity contribution in [2.75, 3.05) is 0 Å². The number of amides is 1. The predicted octanol–water partition coefficient (Wildman–Crippen LogP) is 2.16. The van der Waals surface area contributed by atoms with Gasteiger partial charge in [-0.25, -0.2) is 0 Å². The van der Waals surface area contributed by atoms with Crippen LogP contribution in [0.1, 0.15) is 32.3 Å². The molecule has 0 aromatic heterocycles. The van der Waals surface area contributed by atoms with Gasteiger partial charge in [0.05, 0.1) is 6.04 Å². The van der Waals surface area contributed by atoms with Crippen LogP contribution in [-0.2, 0) is 11.3 Å². The molecule has 1 fully saturated rings. The molecule has 3 nitrogen and oxygen atoms in total. The summed E-state index contributed by atoms with van der Waals surface area (Å²) >= 11 is 0. The lowest BCUT2D eigenvalue weighted by Crippen LogP contribution is -2.46. The lowest BCUT2D eigenvalue weighted by Gasteiger charge is -2.31. The van der Waals surface area contributed by atoms with Gasteiger partial charge in [0.1, 0.15) is 0 Å². The Morgan fingerprint density at radius 3 is 2.44 bits per heavy atom. The summed E-state index contributed by atoms with van der Waals surface area (Å²) in [6.45, 7) is 4.57. The van der Waals surface area contributed by atoms with Gasteiger partial charge in [0.15, 0.2) is 0 Å². The van der Waals surface area contributed by atoms with Crippen molar-refractivity contribution in [2.24, 2.45) is 11.7 Å². The second-order valence-electron chi connectivity index (χ2n) is 5.32. The molecule has 1 aliphatic carbocycles. The van der Waals surface area contributed by atoms with E-state index in [4.69, 9.17) is 5.73 Å². The van der Waals surface area contributed by atoms with Crippen LogP contribution in [0.15, 0.2) is 30.3 Å². The van der Waals surface area contributed by atoms with E-state index in [1.807, 2.05) is 23.1 Å². The van der Waals surface area contributed by atoms with Gasteiger partial charge in [-0.1, -0.05) is 30.3 Å². The van der Waals surface area contributed by atoms with Crippen LogP contribution in [-0.4, -0.2) is 22.9 Å². The zero-order valence-electron chi connectivity index (χ0n) is 11.2. The number of benzene rings is 1. The zero-order chi connectivity index (χ0) is 13.1. The number of nitrogens with two attached hydrogens (primary N) is 1. The topological polar surface area (TPSA) is 46.3 Å². The Bertz CT molecular complexity index is 398. The van der Waals surface area contributed by atoms with Crippen LogP contribution in [0.5, 0.6) is 0 Å². The number of hydrogen-bond donors (Lipinski definition) is 1. The van der Waals surface area contributed by atoms with Crippen molar-refractivity contribution in [3.63, 3.8) is 0 Å². The van der Waals surface area contributed by atoms with Crippen LogP contribution >= 0.6 is 0 Å². The molecule has 0 spiro atoms. The Labute approximate surface area is 109 Å². The molecule has 1 amide bonds. The number of hydrogen-bond acceptors (Lipinski definition) is 2. The maximum Gasteiger partial charge on any atom is 0.239 e. The third kappa shape index (κ3) is 3.10. The number of carbonyl (C=O) groups is 1. The molecule has 1 aromatic carbocycles. The third-order valence-electron chi connectivity index (χ3n) is 3.66. The molecule has 1 unspecified atom stereocenters.